The third-order valence-corrected chi connectivity index (χ3v) is 5.02. The minimum Gasteiger partial charge on any atom is -0.450 e. The molecule has 0 atom stereocenters. The van der Waals surface area contributed by atoms with E-state index in [-0.39, 0.29) is 30.1 Å². The van der Waals surface area contributed by atoms with E-state index in [9.17, 15) is 4.79 Å². The average Bonchev–Trinajstić information content (AvgIpc) is 3.10. The van der Waals surface area contributed by atoms with Crippen molar-refractivity contribution in [2.75, 3.05) is 26.2 Å². The molecule has 1 fully saturated rings. The lowest BCUT2D eigenvalue weighted by Crippen LogP contribution is -2.49. The van der Waals surface area contributed by atoms with Crippen molar-refractivity contribution in [2.24, 2.45) is 4.99 Å². The molecule has 1 amide bonds. The first-order valence-corrected chi connectivity index (χ1v) is 10.1. The van der Waals surface area contributed by atoms with Gasteiger partial charge in [0.1, 0.15) is 12.4 Å². The summed E-state index contributed by atoms with van der Waals surface area (Å²) in [6.07, 6.45) is 4.92. The number of aromatic nitrogens is 3. The van der Waals surface area contributed by atoms with Crippen LogP contribution in [0.25, 0.3) is 0 Å². The summed E-state index contributed by atoms with van der Waals surface area (Å²) in [7, 11) is 0. The molecule has 0 unspecified atom stereocenters. The maximum atomic E-state index is 11.8. The number of guanidine groups is 1. The molecule has 158 valence electrons. The van der Waals surface area contributed by atoms with Gasteiger partial charge in [-0.2, -0.15) is 0 Å². The third-order valence-electron chi connectivity index (χ3n) is 5.02. The lowest BCUT2D eigenvalue weighted by Gasteiger charge is -2.32. The molecule has 0 aliphatic carbocycles. The molecule has 1 saturated heterocycles. The zero-order valence-electron chi connectivity index (χ0n) is 16.8. The van der Waals surface area contributed by atoms with E-state index in [2.05, 4.69) is 32.3 Å². The zero-order chi connectivity index (χ0) is 19.1. The number of carbonyl (C=O) groups is 1. The summed E-state index contributed by atoms with van der Waals surface area (Å²) < 4.78 is 7.28. The van der Waals surface area contributed by atoms with Gasteiger partial charge in [-0.1, -0.05) is 0 Å². The first-order chi connectivity index (χ1) is 13.2. The van der Waals surface area contributed by atoms with E-state index < -0.39 is 0 Å². The van der Waals surface area contributed by atoms with E-state index in [4.69, 9.17) is 9.73 Å². The molecule has 2 aliphatic rings. The number of aliphatic imine (C=N–C) groups is 1. The molecule has 0 radical (unpaired) electrons. The summed E-state index contributed by atoms with van der Waals surface area (Å²) in [4.78, 5) is 18.3. The summed E-state index contributed by atoms with van der Waals surface area (Å²) in [6, 6.07) is 0.292. The monoisotopic (exact) mass is 505 g/mol. The first kappa shape index (κ1) is 22.7. The maximum absolute atomic E-state index is 11.8. The molecule has 1 aromatic rings. The van der Waals surface area contributed by atoms with Crippen LogP contribution in [-0.2, 0) is 24.2 Å². The van der Waals surface area contributed by atoms with E-state index in [1.54, 1.807) is 4.90 Å². The van der Waals surface area contributed by atoms with Crippen LogP contribution in [0.2, 0.25) is 0 Å². The number of halogens is 1. The fourth-order valence-corrected chi connectivity index (χ4v) is 3.57. The van der Waals surface area contributed by atoms with Crippen molar-refractivity contribution in [1.29, 1.82) is 0 Å². The number of fused-ring (bicyclic) bond motifs is 1. The minimum atomic E-state index is -0.215. The minimum absolute atomic E-state index is 0. The van der Waals surface area contributed by atoms with Gasteiger partial charge in [-0.3, -0.25) is 0 Å². The first-order valence-electron chi connectivity index (χ1n) is 10.1. The van der Waals surface area contributed by atoms with Gasteiger partial charge in [-0.15, -0.1) is 34.2 Å². The molecule has 0 aromatic carbocycles. The Hall–Kier alpha value is -1.59. The Morgan fingerprint density at radius 3 is 2.71 bits per heavy atom. The van der Waals surface area contributed by atoms with E-state index in [0.717, 1.165) is 50.0 Å². The Labute approximate surface area is 183 Å². The van der Waals surface area contributed by atoms with Crippen LogP contribution < -0.4 is 10.6 Å². The fourth-order valence-electron chi connectivity index (χ4n) is 3.57. The summed E-state index contributed by atoms with van der Waals surface area (Å²) in [6.45, 7) is 8.01. The number of piperidine rings is 1. The molecule has 10 heteroatoms. The van der Waals surface area contributed by atoms with E-state index in [1.165, 1.54) is 12.8 Å². The molecule has 0 spiro atoms. The number of ether oxygens (including phenoxy) is 1. The van der Waals surface area contributed by atoms with Crippen LogP contribution in [0.1, 0.15) is 51.2 Å². The van der Waals surface area contributed by atoms with Gasteiger partial charge in [0, 0.05) is 38.6 Å². The van der Waals surface area contributed by atoms with Gasteiger partial charge < -0.3 is 24.8 Å². The van der Waals surface area contributed by atoms with Crippen LogP contribution in [0.5, 0.6) is 0 Å². The Balaban J connectivity index is 0.00000280. The highest BCUT2D eigenvalue weighted by molar-refractivity contribution is 14.0. The molecular weight excluding hydrogens is 473 g/mol. The number of amides is 1. The lowest BCUT2D eigenvalue weighted by molar-refractivity contribution is 0.0963. The van der Waals surface area contributed by atoms with Crippen molar-refractivity contribution in [3.05, 3.63) is 11.6 Å². The number of rotatable bonds is 5. The largest absolute Gasteiger partial charge is 0.450 e. The van der Waals surface area contributed by atoms with Gasteiger partial charge in [-0.05, 0) is 39.5 Å². The molecule has 2 N–H and O–H groups in total. The molecule has 1 aromatic heterocycles. The van der Waals surface area contributed by atoms with Crippen LogP contribution in [0.3, 0.4) is 0 Å². The highest BCUT2D eigenvalue weighted by atomic mass is 127. The van der Waals surface area contributed by atoms with Crippen molar-refractivity contribution in [3.8, 4) is 0 Å². The molecular formula is C18H32IN7O2. The SMILES string of the molecule is CCNC(=NCc1nnc2n1CCCC2)NC1CCN(C(=O)OCC)CC1.I. The van der Waals surface area contributed by atoms with Crippen molar-refractivity contribution in [3.63, 3.8) is 0 Å². The normalized spacial score (nSPS) is 17.5. The summed E-state index contributed by atoms with van der Waals surface area (Å²) in [5.74, 6) is 2.80. The third kappa shape index (κ3) is 5.95. The maximum Gasteiger partial charge on any atom is 0.409 e. The van der Waals surface area contributed by atoms with Crippen molar-refractivity contribution < 1.29 is 9.53 Å². The fraction of sp³-hybridized carbons (Fsp3) is 0.778. The van der Waals surface area contributed by atoms with E-state index in [0.29, 0.717) is 32.3 Å². The van der Waals surface area contributed by atoms with Crippen molar-refractivity contribution in [2.45, 2.75) is 65.1 Å². The zero-order valence-corrected chi connectivity index (χ0v) is 19.1. The Bertz CT molecular complexity index is 656. The Morgan fingerprint density at radius 1 is 1.21 bits per heavy atom. The summed E-state index contributed by atoms with van der Waals surface area (Å²) in [5, 5.41) is 15.4. The number of aryl methyl sites for hydroxylation is 1. The van der Waals surface area contributed by atoms with Gasteiger partial charge >= 0.3 is 6.09 Å². The van der Waals surface area contributed by atoms with E-state index >= 15 is 0 Å². The molecule has 28 heavy (non-hydrogen) atoms. The van der Waals surface area contributed by atoms with Crippen LogP contribution in [0, 0.1) is 0 Å². The van der Waals surface area contributed by atoms with Crippen LogP contribution >= 0.6 is 24.0 Å². The average molecular weight is 505 g/mol. The number of nitrogens with zero attached hydrogens (tertiary/aromatic N) is 5. The van der Waals surface area contributed by atoms with Gasteiger partial charge in [0.25, 0.3) is 0 Å². The van der Waals surface area contributed by atoms with Crippen LogP contribution in [0.4, 0.5) is 4.79 Å². The predicted octanol–water partition coefficient (Wildman–Crippen LogP) is 1.91. The lowest BCUT2D eigenvalue weighted by atomic mass is 10.1. The molecule has 3 rings (SSSR count). The van der Waals surface area contributed by atoms with Crippen LogP contribution in [0.15, 0.2) is 4.99 Å². The van der Waals surface area contributed by atoms with Gasteiger partial charge in [0.15, 0.2) is 11.8 Å². The highest BCUT2D eigenvalue weighted by Crippen LogP contribution is 2.15. The number of hydrogen-bond acceptors (Lipinski definition) is 5. The smallest absolute Gasteiger partial charge is 0.409 e. The van der Waals surface area contributed by atoms with Gasteiger partial charge in [0.05, 0.1) is 6.61 Å². The number of likely N-dealkylation sites (tertiary alicyclic amines) is 1. The van der Waals surface area contributed by atoms with E-state index in [1.807, 2.05) is 6.92 Å². The standard InChI is InChI=1S/C18H31N7O2.HI/c1-3-19-17(20-13-16-23-22-15-7-5-6-10-25(15)16)21-14-8-11-24(12-9-14)18(26)27-4-2;/h14H,3-13H2,1-2H3,(H2,19,20,21);1H. The molecule has 0 saturated carbocycles. The summed E-state index contributed by atoms with van der Waals surface area (Å²) >= 11 is 0. The number of carbonyl (C=O) groups excluding carboxylic acids is 1. The second kappa shape index (κ2) is 11.4. The summed E-state index contributed by atoms with van der Waals surface area (Å²) in [5.41, 5.74) is 0. The Morgan fingerprint density at radius 2 is 2.00 bits per heavy atom. The highest BCUT2D eigenvalue weighted by Gasteiger charge is 2.24. The van der Waals surface area contributed by atoms with Gasteiger partial charge in [0.2, 0.25) is 0 Å². The van der Waals surface area contributed by atoms with Crippen molar-refractivity contribution in [1.82, 2.24) is 30.3 Å². The Kier molecular flexibility index (Phi) is 9.26. The molecule has 0 bridgehead atoms. The topological polar surface area (TPSA) is 96.7 Å². The predicted molar refractivity (Wildman–Crippen MR) is 118 cm³/mol. The second-order valence-electron chi connectivity index (χ2n) is 6.94. The number of hydrogen-bond donors (Lipinski definition) is 2. The number of nitrogens with one attached hydrogen (secondary N) is 2. The quantitative estimate of drug-likeness (QED) is 0.361. The molecule has 2 aliphatic heterocycles. The molecule has 3 heterocycles. The van der Waals surface area contributed by atoms with Gasteiger partial charge in [-0.25, -0.2) is 9.79 Å². The second-order valence-corrected chi connectivity index (χ2v) is 6.94. The van der Waals surface area contributed by atoms with Crippen LogP contribution in [-0.4, -0.2) is 64.0 Å². The molecule has 9 nitrogen and oxygen atoms in total. The van der Waals surface area contributed by atoms with Crippen molar-refractivity contribution >= 4 is 36.0 Å².